The van der Waals surface area contributed by atoms with E-state index in [9.17, 15) is 0 Å². The number of rotatable bonds is 7. The summed E-state index contributed by atoms with van der Waals surface area (Å²) in [5.41, 5.74) is 1.23. The summed E-state index contributed by atoms with van der Waals surface area (Å²) in [5.74, 6) is 2.76. The van der Waals surface area contributed by atoms with Gasteiger partial charge >= 0.3 is 0 Å². The van der Waals surface area contributed by atoms with Crippen LogP contribution >= 0.6 is 35.6 Å². The summed E-state index contributed by atoms with van der Waals surface area (Å²) in [4.78, 5) is 8.64. The molecule has 0 radical (unpaired) electrons. The average molecular weight is 501 g/mol. The van der Waals surface area contributed by atoms with Crippen molar-refractivity contribution in [3.05, 3.63) is 59.1 Å². The van der Waals surface area contributed by atoms with Gasteiger partial charge in [-0.25, -0.2) is 4.98 Å². The quantitative estimate of drug-likeness (QED) is 0.263. The van der Waals surface area contributed by atoms with Gasteiger partial charge in [0, 0.05) is 31.6 Å². The number of aromatic amines is 1. The van der Waals surface area contributed by atoms with Crippen LogP contribution < -0.4 is 10.6 Å². The number of aromatic nitrogens is 3. The van der Waals surface area contributed by atoms with Crippen molar-refractivity contribution >= 4 is 41.5 Å². The van der Waals surface area contributed by atoms with Gasteiger partial charge in [-0.1, -0.05) is 23.7 Å². The molecular formula is C18H22ClIN6O. The van der Waals surface area contributed by atoms with E-state index < -0.39 is 0 Å². The molecule has 7 nitrogen and oxygen atoms in total. The highest BCUT2D eigenvalue weighted by Crippen LogP contribution is 2.14. The van der Waals surface area contributed by atoms with E-state index in [1.807, 2.05) is 36.4 Å². The van der Waals surface area contributed by atoms with E-state index >= 15 is 0 Å². The van der Waals surface area contributed by atoms with Gasteiger partial charge in [-0.2, -0.15) is 5.10 Å². The molecule has 0 spiro atoms. The van der Waals surface area contributed by atoms with E-state index in [0.29, 0.717) is 24.6 Å². The monoisotopic (exact) mass is 500 g/mol. The molecule has 3 N–H and O–H groups in total. The smallest absolute Gasteiger partial charge is 0.216 e. The highest BCUT2D eigenvalue weighted by molar-refractivity contribution is 14.0. The molecule has 2 heterocycles. The van der Waals surface area contributed by atoms with Gasteiger partial charge in [0.1, 0.15) is 5.82 Å². The van der Waals surface area contributed by atoms with Crippen LogP contribution in [-0.2, 0) is 12.8 Å². The van der Waals surface area contributed by atoms with Gasteiger partial charge in [0.05, 0.1) is 6.26 Å². The second kappa shape index (κ2) is 10.9. The zero-order valence-electron chi connectivity index (χ0n) is 14.9. The Bertz CT molecular complexity index is 832. The van der Waals surface area contributed by atoms with Crippen LogP contribution in [0.5, 0.6) is 0 Å². The van der Waals surface area contributed by atoms with Crippen molar-refractivity contribution in [1.29, 1.82) is 0 Å². The van der Waals surface area contributed by atoms with E-state index in [1.54, 1.807) is 13.3 Å². The second-order valence-corrected chi connectivity index (χ2v) is 6.07. The van der Waals surface area contributed by atoms with Crippen molar-refractivity contribution in [2.75, 3.05) is 20.1 Å². The molecule has 144 valence electrons. The minimum Gasteiger partial charge on any atom is -0.461 e. The van der Waals surface area contributed by atoms with E-state index in [-0.39, 0.29) is 24.0 Å². The zero-order valence-corrected chi connectivity index (χ0v) is 18.0. The third-order valence-electron chi connectivity index (χ3n) is 3.77. The first-order valence-corrected chi connectivity index (χ1v) is 8.76. The van der Waals surface area contributed by atoms with E-state index in [4.69, 9.17) is 16.0 Å². The van der Waals surface area contributed by atoms with Crippen LogP contribution in [0.3, 0.4) is 0 Å². The Morgan fingerprint density at radius 3 is 2.56 bits per heavy atom. The molecule has 0 saturated heterocycles. The molecule has 3 aromatic rings. The largest absolute Gasteiger partial charge is 0.461 e. The number of nitrogens with one attached hydrogen (secondary N) is 3. The van der Waals surface area contributed by atoms with Crippen molar-refractivity contribution < 1.29 is 4.42 Å². The Hall–Kier alpha value is -2.07. The van der Waals surface area contributed by atoms with Crippen molar-refractivity contribution in [2.24, 2.45) is 4.99 Å². The number of hydrogen-bond acceptors (Lipinski definition) is 4. The molecule has 9 heteroatoms. The lowest BCUT2D eigenvalue weighted by Crippen LogP contribution is -2.39. The van der Waals surface area contributed by atoms with Gasteiger partial charge in [0.25, 0.3) is 0 Å². The van der Waals surface area contributed by atoms with E-state index in [2.05, 4.69) is 30.8 Å². The molecule has 0 fully saturated rings. The third kappa shape index (κ3) is 6.55. The zero-order chi connectivity index (χ0) is 18.2. The minimum absolute atomic E-state index is 0. The van der Waals surface area contributed by atoms with E-state index in [0.717, 1.165) is 29.8 Å². The van der Waals surface area contributed by atoms with Crippen LogP contribution in [0.2, 0.25) is 5.02 Å². The highest BCUT2D eigenvalue weighted by Gasteiger charge is 2.08. The molecule has 27 heavy (non-hydrogen) atoms. The molecule has 1 aromatic carbocycles. The molecule has 0 aliphatic rings. The fraction of sp³-hybridized carbons (Fsp3) is 0.278. The van der Waals surface area contributed by atoms with Crippen molar-refractivity contribution in [3.8, 4) is 11.6 Å². The summed E-state index contributed by atoms with van der Waals surface area (Å²) in [6, 6.07) is 11.5. The number of nitrogens with zero attached hydrogens (tertiary/aromatic N) is 3. The molecule has 3 rings (SSSR count). The van der Waals surface area contributed by atoms with E-state index in [1.165, 1.54) is 5.56 Å². The normalized spacial score (nSPS) is 11.1. The first-order chi connectivity index (χ1) is 12.7. The summed E-state index contributed by atoms with van der Waals surface area (Å²) >= 11 is 5.89. The lowest BCUT2D eigenvalue weighted by atomic mass is 10.1. The number of furan rings is 1. The topological polar surface area (TPSA) is 91.1 Å². The number of guanidine groups is 1. The Labute approximate surface area is 180 Å². The fourth-order valence-corrected chi connectivity index (χ4v) is 2.55. The Morgan fingerprint density at radius 2 is 1.89 bits per heavy atom. The summed E-state index contributed by atoms with van der Waals surface area (Å²) in [7, 11) is 1.75. The maximum absolute atomic E-state index is 5.89. The van der Waals surface area contributed by atoms with Gasteiger partial charge in [0.2, 0.25) is 5.82 Å². The highest BCUT2D eigenvalue weighted by atomic mass is 127. The molecule has 0 aliphatic carbocycles. The van der Waals surface area contributed by atoms with Crippen LogP contribution in [0, 0.1) is 0 Å². The number of aliphatic imine (C=N–C) groups is 1. The van der Waals surface area contributed by atoms with Gasteiger partial charge < -0.3 is 15.1 Å². The summed E-state index contributed by atoms with van der Waals surface area (Å²) in [6.07, 6.45) is 3.20. The number of halogens is 2. The summed E-state index contributed by atoms with van der Waals surface area (Å²) in [5, 5.41) is 14.4. The first-order valence-electron chi connectivity index (χ1n) is 8.38. The third-order valence-corrected chi connectivity index (χ3v) is 4.02. The lowest BCUT2D eigenvalue weighted by molar-refractivity contribution is 0.577. The molecule has 0 aliphatic heterocycles. The predicted octanol–water partition coefficient (Wildman–Crippen LogP) is 3.29. The SMILES string of the molecule is CN=C(NCCc1ccc(Cl)cc1)NCCc1nc(-c2ccco2)n[nH]1.I. The predicted molar refractivity (Wildman–Crippen MR) is 118 cm³/mol. The Morgan fingerprint density at radius 1 is 1.15 bits per heavy atom. The molecular weight excluding hydrogens is 479 g/mol. The number of H-pyrrole nitrogens is 1. The maximum Gasteiger partial charge on any atom is 0.216 e. The Kier molecular flexibility index (Phi) is 8.59. The van der Waals surface area contributed by atoms with Crippen molar-refractivity contribution in [3.63, 3.8) is 0 Å². The maximum atomic E-state index is 5.89. The molecule has 2 aromatic heterocycles. The average Bonchev–Trinajstić information content (AvgIpc) is 3.33. The van der Waals surface area contributed by atoms with Gasteiger partial charge in [-0.3, -0.25) is 10.1 Å². The summed E-state index contributed by atoms with van der Waals surface area (Å²) in [6.45, 7) is 1.47. The molecule has 0 atom stereocenters. The second-order valence-electron chi connectivity index (χ2n) is 5.64. The Balaban J connectivity index is 0.00000261. The molecule has 0 unspecified atom stereocenters. The first kappa shape index (κ1) is 21.2. The summed E-state index contributed by atoms with van der Waals surface area (Å²) < 4.78 is 5.28. The van der Waals surface area contributed by atoms with Crippen molar-refractivity contribution in [2.45, 2.75) is 12.8 Å². The van der Waals surface area contributed by atoms with Crippen molar-refractivity contribution in [1.82, 2.24) is 25.8 Å². The fourth-order valence-electron chi connectivity index (χ4n) is 2.42. The van der Waals surface area contributed by atoms with Crippen LogP contribution in [-0.4, -0.2) is 41.3 Å². The molecule has 0 amide bonds. The van der Waals surface area contributed by atoms with Crippen LogP contribution in [0.1, 0.15) is 11.4 Å². The van der Waals surface area contributed by atoms with Gasteiger partial charge in [0.15, 0.2) is 11.7 Å². The van der Waals surface area contributed by atoms with Gasteiger partial charge in [-0.15, -0.1) is 24.0 Å². The van der Waals surface area contributed by atoms with Crippen LogP contribution in [0.15, 0.2) is 52.1 Å². The molecule has 0 bridgehead atoms. The van der Waals surface area contributed by atoms with Crippen LogP contribution in [0.4, 0.5) is 0 Å². The molecule has 0 saturated carbocycles. The number of hydrogen-bond donors (Lipinski definition) is 3. The van der Waals surface area contributed by atoms with Crippen LogP contribution in [0.25, 0.3) is 11.6 Å². The standard InChI is InChI=1S/C18H21ClN6O.HI/c1-20-18(21-10-8-13-4-6-14(19)7-5-13)22-11-9-16-23-17(25-24-16)15-3-2-12-26-15;/h2-7,12H,8-11H2,1H3,(H2,20,21,22)(H,23,24,25);1H. The number of benzene rings is 1. The van der Waals surface area contributed by atoms with Gasteiger partial charge in [-0.05, 0) is 36.2 Å². The minimum atomic E-state index is 0. The lowest BCUT2D eigenvalue weighted by Gasteiger charge is -2.11.